The van der Waals surface area contributed by atoms with E-state index in [0.29, 0.717) is 13.0 Å². The van der Waals surface area contributed by atoms with Crippen LogP contribution in [0.25, 0.3) is 0 Å². The summed E-state index contributed by atoms with van der Waals surface area (Å²) in [6, 6.07) is 9.72. The zero-order chi connectivity index (χ0) is 12.0. The Balaban J connectivity index is 2.28. The second kappa shape index (κ2) is 5.86. The number of rotatable bonds is 6. The second-order valence-corrected chi connectivity index (χ2v) is 5.50. The second-order valence-electron chi connectivity index (χ2n) is 3.93. The molecule has 1 unspecified atom stereocenters. The molecule has 16 heavy (non-hydrogen) atoms. The highest BCUT2D eigenvalue weighted by Gasteiger charge is 2.08. The van der Waals surface area contributed by atoms with E-state index in [1.165, 1.54) is 0 Å². The van der Waals surface area contributed by atoms with Gasteiger partial charge in [-0.3, -0.25) is 4.55 Å². The summed E-state index contributed by atoms with van der Waals surface area (Å²) in [5.74, 6) is 0.0205. The van der Waals surface area contributed by atoms with Crippen LogP contribution in [0.15, 0.2) is 30.3 Å². The van der Waals surface area contributed by atoms with Crippen molar-refractivity contribution < 1.29 is 13.0 Å². The van der Waals surface area contributed by atoms with Crippen molar-refractivity contribution in [3.05, 3.63) is 30.3 Å². The molecule has 2 N–H and O–H groups in total. The predicted molar refractivity (Wildman–Crippen MR) is 65.1 cm³/mol. The number of nitrogens with one attached hydrogen (secondary N) is 1. The predicted octanol–water partition coefficient (Wildman–Crippen LogP) is 2.01. The molecule has 0 aromatic heterocycles. The molecule has 0 aliphatic carbocycles. The van der Waals surface area contributed by atoms with Crippen molar-refractivity contribution in [2.24, 2.45) is 5.92 Å². The zero-order valence-corrected chi connectivity index (χ0v) is 10.1. The van der Waals surface area contributed by atoms with Gasteiger partial charge < -0.3 is 5.32 Å². The van der Waals surface area contributed by atoms with E-state index in [2.05, 4.69) is 5.32 Å². The zero-order valence-electron chi connectivity index (χ0n) is 9.26. The molecule has 0 heterocycles. The van der Waals surface area contributed by atoms with Gasteiger partial charge in [-0.2, -0.15) is 8.42 Å². The highest BCUT2D eigenvalue weighted by Crippen LogP contribution is 2.09. The van der Waals surface area contributed by atoms with Crippen molar-refractivity contribution in [1.82, 2.24) is 0 Å². The Morgan fingerprint density at radius 3 is 2.50 bits per heavy atom. The summed E-state index contributed by atoms with van der Waals surface area (Å²) in [6.45, 7) is 2.64. The summed E-state index contributed by atoms with van der Waals surface area (Å²) >= 11 is 0. The van der Waals surface area contributed by atoms with Crippen LogP contribution in [-0.4, -0.2) is 25.3 Å². The minimum atomic E-state index is -3.83. The van der Waals surface area contributed by atoms with Crippen LogP contribution in [0.4, 0.5) is 5.69 Å². The quantitative estimate of drug-likeness (QED) is 0.750. The van der Waals surface area contributed by atoms with E-state index in [4.69, 9.17) is 4.55 Å². The smallest absolute Gasteiger partial charge is 0.264 e. The Labute approximate surface area is 96.4 Å². The average Bonchev–Trinajstić information content (AvgIpc) is 2.24. The van der Waals surface area contributed by atoms with Crippen LogP contribution in [0.2, 0.25) is 0 Å². The fraction of sp³-hybridized carbons (Fsp3) is 0.455. The van der Waals surface area contributed by atoms with Crippen molar-refractivity contribution in [3.63, 3.8) is 0 Å². The molecule has 0 spiro atoms. The van der Waals surface area contributed by atoms with Crippen LogP contribution >= 0.6 is 0 Å². The maximum Gasteiger partial charge on any atom is 0.264 e. The van der Waals surface area contributed by atoms with Gasteiger partial charge >= 0.3 is 0 Å². The number of benzene rings is 1. The Morgan fingerprint density at radius 1 is 1.31 bits per heavy atom. The van der Waals surface area contributed by atoms with Gasteiger partial charge in [-0.25, -0.2) is 0 Å². The molecule has 90 valence electrons. The minimum Gasteiger partial charge on any atom is -0.385 e. The lowest BCUT2D eigenvalue weighted by atomic mass is 10.1. The monoisotopic (exact) mass is 243 g/mol. The van der Waals surface area contributed by atoms with Crippen LogP contribution in [0, 0.1) is 5.92 Å². The molecule has 0 radical (unpaired) electrons. The summed E-state index contributed by atoms with van der Waals surface area (Å²) in [4.78, 5) is 0. The van der Waals surface area contributed by atoms with Gasteiger partial charge in [-0.05, 0) is 24.5 Å². The summed E-state index contributed by atoms with van der Waals surface area (Å²) in [5.41, 5.74) is 1.02. The molecule has 1 aromatic carbocycles. The molecular formula is C11H17NO3S. The highest BCUT2D eigenvalue weighted by molar-refractivity contribution is 7.85. The van der Waals surface area contributed by atoms with Crippen molar-refractivity contribution in [2.45, 2.75) is 13.3 Å². The Morgan fingerprint density at radius 2 is 1.94 bits per heavy atom. The molecule has 5 heteroatoms. The highest BCUT2D eigenvalue weighted by atomic mass is 32.2. The normalized spacial score (nSPS) is 13.4. The lowest BCUT2D eigenvalue weighted by Gasteiger charge is -2.12. The first-order valence-corrected chi connectivity index (χ1v) is 6.82. The van der Waals surface area contributed by atoms with Gasteiger partial charge in [0.1, 0.15) is 0 Å². The summed E-state index contributed by atoms with van der Waals surface area (Å²) in [6.07, 6.45) is 0.457. The summed E-state index contributed by atoms with van der Waals surface area (Å²) < 4.78 is 29.7. The topological polar surface area (TPSA) is 66.4 Å². The van der Waals surface area contributed by atoms with Crippen molar-refractivity contribution in [2.75, 3.05) is 17.6 Å². The molecule has 0 aliphatic heterocycles. The van der Waals surface area contributed by atoms with Crippen molar-refractivity contribution in [1.29, 1.82) is 0 Å². The molecule has 4 nitrogen and oxygen atoms in total. The third kappa shape index (κ3) is 5.72. The molecule has 0 saturated carbocycles. The van der Waals surface area contributed by atoms with Gasteiger partial charge in [0.2, 0.25) is 0 Å². The van der Waals surface area contributed by atoms with E-state index in [-0.39, 0.29) is 11.7 Å². The number of hydrogen-bond acceptors (Lipinski definition) is 3. The molecule has 0 fully saturated rings. The van der Waals surface area contributed by atoms with E-state index < -0.39 is 10.1 Å². The van der Waals surface area contributed by atoms with Crippen LogP contribution in [0.1, 0.15) is 13.3 Å². The van der Waals surface area contributed by atoms with E-state index in [1.807, 2.05) is 37.3 Å². The fourth-order valence-electron chi connectivity index (χ4n) is 1.30. The molecule has 0 saturated heterocycles. The van der Waals surface area contributed by atoms with Crippen LogP contribution in [-0.2, 0) is 10.1 Å². The van der Waals surface area contributed by atoms with Gasteiger partial charge in [0.05, 0.1) is 5.75 Å². The van der Waals surface area contributed by atoms with Crippen molar-refractivity contribution in [3.8, 4) is 0 Å². The largest absolute Gasteiger partial charge is 0.385 e. The molecule has 1 rings (SSSR count). The SMILES string of the molecule is CC(CCS(=O)(=O)O)CNc1ccccc1. The first-order chi connectivity index (χ1) is 7.47. The molecule has 0 bridgehead atoms. The van der Waals surface area contributed by atoms with Gasteiger partial charge in [-0.15, -0.1) is 0 Å². The van der Waals surface area contributed by atoms with E-state index in [9.17, 15) is 8.42 Å². The van der Waals surface area contributed by atoms with E-state index in [0.717, 1.165) is 5.69 Å². The van der Waals surface area contributed by atoms with Gasteiger partial charge in [0.25, 0.3) is 10.1 Å². The maximum atomic E-state index is 10.5. The van der Waals surface area contributed by atoms with Crippen LogP contribution < -0.4 is 5.32 Å². The number of para-hydroxylation sites is 1. The maximum absolute atomic E-state index is 10.5. The van der Waals surface area contributed by atoms with Gasteiger partial charge in [0.15, 0.2) is 0 Å². The first kappa shape index (κ1) is 13.0. The Hall–Kier alpha value is -1.07. The first-order valence-electron chi connectivity index (χ1n) is 5.21. The van der Waals surface area contributed by atoms with Crippen molar-refractivity contribution >= 4 is 15.8 Å². The summed E-state index contributed by atoms with van der Waals surface area (Å²) in [7, 11) is -3.83. The lowest BCUT2D eigenvalue weighted by Crippen LogP contribution is -2.15. The average molecular weight is 243 g/mol. The third-order valence-corrected chi connectivity index (χ3v) is 3.05. The molecule has 0 aliphatic rings. The Kier molecular flexibility index (Phi) is 4.76. The van der Waals surface area contributed by atoms with E-state index >= 15 is 0 Å². The van der Waals surface area contributed by atoms with Gasteiger partial charge in [-0.1, -0.05) is 25.1 Å². The van der Waals surface area contributed by atoms with Crippen LogP contribution in [0.5, 0.6) is 0 Å². The number of hydrogen-bond donors (Lipinski definition) is 2. The van der Waals surface area contributed by atoms with E-state index in [1.54, 1.807) is 0 Å². The molecule has 1 atom stereocenters. The standard InChI is InChI=1S/C11H17NO3S/c1-10(7-8-16(13,14)15)9-12-11-5-3-2-4-6-11/h2-6,10,12H,7-9H2,1H3,(H,13,14,15). The molecule has 1 aromatic rings. The lowest BCUT2D eigenvalue weighted by molar-refractivity contribution is 0.472. The Bertz CT molecular complexity index is 402. The summed E-state index contributed by atoms with van der Waals surface area (Å²) in [5, 5.41) is 3.20. The third-order valence-electron chi connectivity index (χ3n) is 2.30. The molecule has 0 amide bonds. The fourth-order valence-corrected chi connectivity index (χ4v) is 2.00. The van der Waals surface area contributed by atoms with Crippen LogP contribution in [0.3, 0.4) is 0 Å². The van der Waals surface area contributed by atoms with Gasteiger partial charge in [0, 0.05) is 12.2 Å². The molecular weight excluding hydrogens is 226 g/mol. The number of anilines is 1. The minimum absolute atomic E-state index is 0.176.